The molecule has 1 aromatic carbocycles. The summed E-state index contributed by atoms with van der Waals surface area (Å²) in [5, 5.41) is 9.70. The number of benzene rings is 1. The van der Waals surface area contributed by atoms with Crippen LogP contribution in [0.15, 0.2) is 24.3 Å². The summed E-state index contributed by atoms with van der Waals surface area (Å²) in [5.74, 6) is -1.48. The summed E-state index contributed by atoms with van der Waals surface area (Å²) in [5.41, 5.74) is 0.931. The van der Waals surface area contributed by atoms with E-state index in [4.69, 9.17) is 14.2 Å². The van der Waals surface area contributed by atoms with E-state index in [0.717, 1.165) is 24.2 Å². The van der Waals surface area contributed by atoms with Gasteiger partial charge in [0.05, 0.1) is 25.7 Å². The number of hydrogen-bond donors (Lipinski definition) is 1. The van der Waals surface area contributed by atoms with Crippen LogP contribution in [0.3, 0.4) is 0 Å². The van der Waals surface area contributed by atoms with Crippen LogP contribution in [0.1, 0.15) is 110 Å². The van der Waals surface area contributed by atoms with Crippen LogP contribution >= 0.6 is 0 Å². The summed E-state index contributed by atoms with van der Waals surface area (Å²) in [6.45, 7) is 7.53. The van der Waals surface area contributed by atoms with Crippen LogP contribution in [0.2, 0.25) is 0 Å². The lowest BCUT2D eigenvalue weighted by Crippen LogP contribution is -2.41. The minimum atomic E-state index is -0.919. The second kappa shape index (κ2) is 19.1. The van der Waals surface area contributed by atoms with Gasteiger partial charge in [0.25, 0.3) is 0 Å². The molecule has 36 heavy (non-hydrogen) atoms. The van der Waals surface area contributed by atoms with Crippen molar-refractivity contribution in [1.29, 1.82) is 0 Å². The predicted molar refractivity (Wildman–Crippen MR) is 144 cm³/mol. The van der Waals surface area contributed by atoms with Crippen LogP contribution in [0.4, 0.5) is 0 Å². The van der Waals surface area contributed by atoms with Gasteiger partial charge in [-0.15, -0.1) is 0 Å². The molecule has 0 amide bonds. The maximum atomic E-state index is 11.8. The Balaban J connectivity index is 2.59. The fourth-order valence-electron chi connectivity index (χ4n) is 4.67. The minimum absolute atomic E-state index is 0.249. The molecule has 4 atom stereocenters. The van der Waals surface area contributed by atoms with Gasteiger partial charge in [0, 0.05) is 12.8 Å². The van der Waals surface area contributed by atoms with Crippen LogP contribution in [0.25, 0.3) is 0 Å². The summed E-state index contributed by atoms with van der Waals surface area (Å²) in [6, 6.07) is 7.51. The smallest absolute Gasteiger partial charge is 0.308 e. The van der Waals surface area contributed by atoms with Gasteiger partial charge < -0.3 is 19.3 Å². The van der Waals surface area contributed by atoms with Crippen molar-refractivity contribution >= 4 is 11.9 Å². The van der Waals surface area contributed by atoms with Crippen molar-refractivity contribution in [2.75, 3.05) is 7.11 Å². The average Bonchev–Trinajstić information content (AvgIpc) is 2.86. The third kappa shape index (κ3) is 13.3. The van der Waals surface area contributed by atoms with Gasteiger partial charge in [-0.25, -0.2) is 0 Å². The SMILES string of the molecule is CCCCCCCCCCCCC[C@@H](OC(C)=O)[C@@H](C)C(OCc1ccc(OC)cc1)[C@@H](C)C(=O)O. The molecule has 1 unspecified atom stereocenters. The number of ether oxygens (including phenoxy) is 3. The highest BCUT2D eigenvalue weighted by Gasteiger charge is 2.35. The largest absolute Gasteiger partial charge is 0.497 e. The highest BCUT2D eigenvalue weighted by molar-refractivity contribution is 5.70. The van der Waals surface area contributed by atoms with Gasteiger partial charge in [0.15, 0.2) is 0 Å². The number of esters is 1. The fraction of sp³-hybridized carbons (Fsp3) is 0.733. The Morgan fingerprint density at radius 3 is 1.86 bits per heavy atom. The summed E-state index contributed by atoms with van der Waals surface area (Å²) < 4.78 is 17.0. The van der Waals surface area contributed by atoms with Crippen molar-refractivity contribution in [2.45, 2.75) is 124 Å². The van der Waals surface area contributed by atoms with Gasteiger partial charge in [-0.1, -0.05) is 90.2 Å². The maximum absolute atomic E-state index is 11.8. The normalized spacial score (nSPS) is 14.6. The van der Waals surface area contributed by atoms with Crippen LogP contribution in [0.5, 0.6) is 5.75 Å². The average molecular weight is 507 g/mol. The summed E-state index contributed by atoms with van der Waals surface area (Å²) in [4.78, 5) is 23.7. The molecule has 1 rings (SSSR count). The van der Waals surface area contributed by atoms with Gasteiger partial charge >= 0.3 is 11.9 Å². The Morgan fingerprint density at radius 1 is 0.861 bits per heavy atom. The third-order valence-electron chi connectivity index (χ3n) is 7.00. The van der Waals surface area contributed by atoms with E-state index < -0.39 is 18.0 Å². The summed E-state index contributed by atoms with van der Waals surface area (Å²) in [6.07, 6.45) is 13.5. The number of carbonyl (C=O) groups excluding carboxylic acids is 1. The standard InChI is InChI=1S/C30H50O6/c1-6-7-8-9-10-11-12-13-14-15-16-17-28(36-25(4)31)23(2)29(24(3)30(32)33)35-22-26-18-20-27(34-5)21-19-26/h18-21,23-24,28-29H,6-17,22H2,1-5H3,(H,32,33)/t23-,24-,28-,29?/m1/s1. The van der Waals surface area contributed by atoms with E-state index in [-0.39, 0.29) is 24.6 Å². The van der Waals surface area contributed by atoms with Crippen LogP contribution < -0.4 is 4.74 Å². The first-order valence-electron chi connectivity index (χ1n) is 13.9. The fourth-order valence-corrected chi connectivity index (χ4v) is 4.67. The van der Waals surface area contributed by atoms with Crippen LogP contribution in [-0.4, -0.2) is 36.4 Å². The molecular weight excluding hydrogens is 456 g/mol. The highest BCUT2D eigenvalue weighted by atomic mass is 16.5. The molecule has 0 aromatic heterocycles. The second-order valence-corrected chi connectivity index (χ2v) is 10.1. The number of carboxylic acids is 1. The van der Waals surface area contributed by atoms with Gasteiger partial charge in [-0.05, 0) is 37.5 Å². The molecule has 0 bridgehead atoms. The molecule has 0 radical (unpaired) electrons. The summed E-state index contributed by atoms with van der Waals surface area (Å²) in [7, 11) is 1.61. The van der Waals surface area contributed by atoms with E-state index in [2.05, 4.69) is 6.92 Å². The van der Waals surface area contributed by atoms with Crippen molar-refractivity contribution < 1.29 is 28.9 Å². The van der Waals surface area contributed by atoms with Gasteiger partial charge in [-0.2, -0.15) is 0 Å². The van der Waals surface area contributed by atoms with E-state index in [1.807, 2.05) is 31.2 Å². The zero-order valence-corrected chi connectivity index (χ0v) is 23.3. The second-order valence-electron chi connectivity index (χ2n) is 10.1. The molecule has 0 heterocycles. The molecule has 0 fully saturated rings. The van der Waals surface area contributed by atoms with Crippen molar-refractivity contribution in [1.82, 2.24) is 0 Å². The molecule has 0 spiro atoms. The van der Waals surface area contributed by atoms with E-state index >= 15 is 0 Å². The third-order valence-corrected chi connectivity index (χ3v) is 7.00. The molecule has 0 saturated heterocycles. The zero-order valence-electron chi connectivity index (χ0n) is 23.3. The Bertz CT molecular complexity index is 717. The number of unbranched alkanes of at least 4 members (excludes halogenated alkanes) is 10. The Labute approximate surface area is 219 Å². The van der Waals surface area contributed by atoms with Crippen molar-refractivity contribution in [3.8, 4) is 5.75 Å². The maximum Gasteiger partial charge on any atom is 0.308 e. The van der Waals surface area contributed by atoms with E-state index in [1.54, 1.807) is 14.0 Å². The van der Waals surface area contributed by atoms with E-state index in [0.29, 0.717) is 6.42 Å². The van der Waals surface area contributed by atoms with E-state index in [9.17, 15) is 14.7 Å². The number of aliphatic carboxylic acids is 1. The first-order valence-corrected chi connectivity index (χ1v) is 13.9. The Kier molecular flexibility index (Phi) is 16.9. The summed E-state index contributed by atoms with van der Waals surface area (Å²) >= 11 is 0. The van der Waals surface area contributed by atoms with Crippen molar-refractivity contribution in [3.63, 3.8) is 0 Å². The number of carboxylic acid groups (broad SMARTS) is 1. The predicted octanol–water partition coefficient (Wildman–Crippen LogP) is 7.57. The molecular formula is C30H50O6. The molecule has 1 N–H and O–H groups in total. The monoisotopic (exact) mass is 506 g/mol. The molecule has 0 aliphatic rings. The topological polar surface area (TPSA) is 82.1 Å². The lowest BCUT2D eigenvalue weighted by atomic mass is 9.86. The lowest BCUT2D eigenvalue weighted by molar-refractivity contribution is -0.160. The lowest BCUT2D eigenvalue weighted by Gasteiger charge is -2.33. The first-order chi connectivity index (χ1) is 17.3. The number of methoxy groups -OCH3 is 1. The molecule has 1 aromatic rings. The van der Waals surface area contributed by atoms with Crippen molar-refractivity contribution in [3.05, 3.63) is 29.8 Å². The molecule has 6 heteroatoms. The van der Waals surface area contributed by atoms with Gasteiger partial charge in [0.2, 0.25) is 0 Å². The van der Waals surface area contributed by atoms with Gasteiger partial charge in [-0.3, -0.25) is 9.59 Å². The number of hydrogen-bond acceptors (Lipinski definition) is 5. The van der Waals surface area contributed by atoms with Crippen LogP contribution in [0, 0.1) is 11.8 Å². The van der Waals surface area contributed by atoms with Crippen molar-refractivity contribution in [2.24, 2.45) is 11.8 Å². The number of carbonyl (C=O) groups is 2. The highest BCUT2D eigenvalue weighted by Crippen LogP contribution is 2.27. The molecule has 0 aliphatic heterocycles. The Hall–Kier alpha value is -2.08. The minimum Gasteiger partial charge on any atom is -0.497 e. The zero-order chi connectivity index (χ0) is 26.8. The first kappa shape index (κ1) is 31.9. The molecule has 0 aliphatic carbocycles. The quantitative estimate of drug-likeness (QED) is 0.137. The van der Waals surface area contributed by atoms with Gasteiger partial charge in [0.1, 0.15) is 11.9 Å². The Morgan fingerprint density at radius 2 is 1.39 bits per heavy atom. The number of rotatable bonds is 21. The van der Waals surface area contributed by atoms with E-state index in [1.165, 1.54) is 64.7 Å². The van der Waals surface area contributed by atoms with Crippen LogP contribution in [-0.2, 0) is 25.7 Å². The molecule has 206 valence electrons. The molecule has 0 saturated carbocycles. The molecule has 6 nitrogen and oxygen atoms in total.